The normalized spacial score (nSPS) is 15.6. The topological polar surface area (TPSA) is 163 Å². The van der Waals surface area contributed by atoms with E-state index in [4.69, 9.17) is 4.74 Å². The molecule has 0 unspecified atom stereocenters. The lowest BCUT2D eigenvalue weighted by atomic mass is 9.99. The van der Waals surface area contributed by atoms with E-state index in [-0.39, 0.29) is 40.8 Å². The van der Waals surface area contributed by atoms with Gasteiger partial charge in [0.25, 0.3) is 15.7 Å². The van der Waals surface area contributed by atoms with Crippen LogP contribution in [0.4, 0.5) is 27.7 Å². The fraction of sp³-hybridized carbons (Fsp3) is 0.308. The fourth-order valence-corrected chi connectivity index (χ4v) is 8.11. The highest BCUT2D eigenvalue weighted by Crippen LogP contribution is 2.32. The first-order valence-corrected chi connectivity index (χ1v) is 19.5. The Morgan fingerprint density at radius 1 is 0.907 bits per heavy atom. The van der Waals surface area contributed by atoms with E-state index in [0.29, 0.717) is 36.8 Å². The van der Waals surface area contributed by atoms with Crippen molar-refractivity contribution in [1.82, 2.24) is 19.8 Å². The molecule has 3 heterocycles. The van der Waals surface area contributed by atoms with Gasteiger partial charge in [-0.2, -0.15) is 0 Å². The number of hydrogen-bond donors (Lipinski definition) is 2. The number of hydrogen-bond acceptors (Lipinski definition) is 11. The first-order valence-electron chi connectivity index (χ1n) is 18.0. The summed E-state index contributed by atoms with van der Waals surface area (Å²) in [7, 11) is -4.26. The summed E-state index contributed by atoms with van der Waals surface area (Å²) in [6, 6.07) is 28.3. The number of nitro benzene ring substituents is 1. The van der Waals surface area contributed by atoms with Gasteiger partial charge in [0.2, 0.25) is 0 Å². The summed E-state index contributed by atoms with van der Waals surface area (Å²) in [5.41, 5.74) is 5.12. The molecule has 5 aromatic rings. The Labute approximate surface area is 314 Å². The Kier molecular flexibility index (Phi) is 10.9. The number of nitro groups is 1. The zero-order chi connectivity index (χ0) is 37.7. The van der Waals surface area contributed by atoms with Crippen molar-refractivity contribution in [3.05, 3.63) is 113 Å². The summed E-state index contributed by atoms with van der Waals surface area (Å²) < 4.78 is 34.7. The average Bonchev–Trinajstić information content (AvgIpc) is 3.19. The maximum Gasteiger partial charge on any atom is 0.409 e. The number of aromatic nitrogens is 2. The standard InChI is InChI=1S/C39H42N8O6S/c1-2-53-39(48)46-18-16-30(17-19-46)42-35-15-13-32(25-37(35)47(49)50)54(51,52)43-38-34-14-12-31(24-36(34)40-27-41-38)45-22-20-44(21-23-45)26-29-10-6-7-11-33(29)28-8-4-3-5-9-28/h3-15,24-25,27,30,42H,2,16-23,26H2,1H3,(H,40,41,43). The Bertz CT molecular complexity index is 2240. The van der Waals surface area contributed by atoms with Crippen molar-refractivity contribution < 1.29 is 22.9 Å². The Hall–Kier alpha value is -5.80. The molecule has 15 heteroatoms. The van der Waals surface area contributed by atoms with Gasteiger partial charge in [-0.05, 0) is 66.8 Å². The van der Waals surface area contributed by atoms with Crippen LogP contribution in [0.2, 0.25) is 0 Å². The second-order valence-electron chi connectivity index (χ2n) is 13.4. The number of likely N-dealkylation sites (tertiary alicyclic amines) is 1. The molecule has 280 valence electrons. The van der Waals surface area contributed by atoms with E-state index in [2.05, 4.69) is 78.3 Å². The molecule has 4 aromatic carbocycles. The second-order valence-corrected chi connectivity index (χ2v) is 15.0. The lowest BCUT2D eigenvalue weighted by Crippen LogP contribution is -2.46. The number of carbonyl (C=O) groups excluding carboxylic acids is 1. The van der Waals surface area contributed by atoms with E-state index in [9.17, 15) is 23.3 Å². The number of nitrogens with zero attached hydrogens (tertiary/aromatic N) is 6. The van der Waals surface area contributed by atoms with Crippen molar-refractivity contribution in [3.63, 3.8) is 0 Å². The Balaban J connectivity index is 1.00. The van der Waals surface area contributed by atoms with E-state index >= 15 is 0 Å². The van der Waals surface area contributed by atoms with Crippen LogP contribution in [0, 0.1) is 10.1 Å². The summed E-state index contributed by atoms with van der Waals surface area (Å²) in [4.78, 5) is 38.2. The number of fused-ring (bicyclic) bond motifs is 1. The molecule has 1 aromatic heterocycles. The quantitative estimate of drug-likeness (QED) is 0.114. The van der Waals surface area contributed by atoms with Crippen LogP contribution in [0.25, 0.3) is 22.0 Å². The average molecular weight is 751 g/mol. The van der Waals surface area contributed by atoms with Gasteiger partial charge in [-0.15, -0.1) is 0 Å². The van der Waals surface area contributed by atoms with Gasteiger partial charge in [0.05, 0.1) is 21.9 Å². The van der Waals surface area contributed by atoms with E-state index in [0.717, 1.165) is 44.5 Å². The Morgan fingerprint density at radius 3 is 2.39 bits per heavy atom. The molecule has 54 heavy (non-hydrogen) atoms. The molecule has 0 atom stereocenters. The molecule has 2 saturated heterocycles. The number of nitrogens with one attached hydrogen (secondary N) is 2. The molecule has 7 rings (SSSR count). The zero-order valence-corrected chi connectivity index (χ0v) is 30.7. The van der Waals surface area contributed by atoms with Crippen molar-refractivity contribution in [1.29, 1.82) is 0 Å². The number of piperidine rings is 1. The van der Waals surface area contributed by atoms with E-state index < -0.39 is 14.9 Å². The SMILES string of the molecule is CCOC(=O)N1CCC(Nc2ccc(S(=O)(=O)Nc3ncnc4cc(N5CCN(Cc6ccccc6-c6ccccc6)CC5)ccc34)cc2[N+](=O)[O-])CC1. The molecule has 2 N–H and O–H groups in total. The third-order valence-electron chi connectivity index (χ3n) is 9.94. The largest absolute Gasteiger partial charge is 0.450 e. The van der Waals surface area contributed by atoms with Gasteiger partial charge in [-0.1, -0.05) is 54.6 Å². The minimum atomic E-state index is -4.26. The lowest BCUT2D eigenvalue weighted by molar-refractivity contribution is -0.384. The third-order valence-corrected chi connectivity index (χ3v) is 11.3. The predicted octanol–water partition coefficient (Wildman–Crippen LogP) is 6.36. The molecule has 2 aliphatic rings. The highest BCUT2D eigenvalue weighted by molar-refractivity contribution is 7.92. The summed E-state index contributed by atoms with van der Waals surface area (Å²) in [5.74, 6) is 0.0756. The third kappa shape index (κ3) is 8.21. The van der Waals surface area contributed by atoms with E-state index in [1.807, 2.05) is 18.2 Å². The van der Waals surface area contributed by atoms with Gasteiger partial charge >= 0.3 is 6.09 Å². The molecule has 2 fully saturated rings. The van der Waals surface area contributed by atoms with Crippen LogP contribution in [-0.4, -0.2) is 91.1 Å². The van der Waals surface area contributed by atoms with Crippen LogP contribution in [0.3, 0.4) is 0 Å². The summed E-state index contributed by atoms with van der Waals surface area (Å²) >= 11 is 0. The number of benzene rings is 4. The number of amides is 1. The highest BCUT2D eigenvalue weighted by Gasteiger charge is 2.28. The monoisotopic (exact) mass is 750 g/mol. The van der Waals surface area contributed by atoms with Crippen LogP contribution in [0.1, 0.15) is 25.3 Å². The molecular formula is C39H42N8O6S. The first kappa shape index (κ1) is 36.6. The molecule has 0 spiro atoms. The minimum Gasteiger partial charge on any atom is -0.450 e. The molecule has 0 radical (unpaired) electrons. The Morgan fingerprint density at radius 2 is 1.65 bits per heavy atom. The highest BCUT2D eigenvalue weighted by atomic mass is 32.2. The molecule has 0 saturated carbocycles. The van der Waals surface area contributed by atoms with Gasteiger partial charge in [-0.25, -0.2) is 23.2 Å². The number of carbonyl (C=O) groups is 1. The van der Waals surface area contributed by atoms with Gasteiger partial charge < -0.3 is 19.9 Å². The smallest absolute Gasteiger partial charge is 0.409 e. The second kappa shape index (κ2) is 16.1. The number of sulfonamides is 1. The van der Waals surface area contributed by atoms with Gasteiger partial charge in [0.15, 0.2) is 5.82 Å². The number of piperazine rings is 1. The molecule has 1 amide bonds. The number of anilines is 3. The van der Waals surface area contributed by atoms with Gasteiger partial charge in [0, 0.05) is 69.0 Å². The van der Waals surface area contributed by atoms with Crippen molar-refractivity contribution in [2.24, 2.45) is 0 Å². The zero-order valence-electron chi connectivity index (χ0n) is 29.9. The van der Waals surface area contributed by atoms with Crippen LogP contribution in [0.15, 0.2) is 102 Å². The van der Waals surface area contributed by atoms with Crippen molar-refractivity contribution in [2.45, 2.75) is 37.2 Å². The molecule has 0 bridgehead atoms. The predicted molar refractivity (Wildman–Crippen MR) is 208 cm³/mol. The first-order chi connectivity index (χ1) is 26.2. The van der Waals surface area contributed by atoms with Crippen LogP contribution in [-0.2, 0) is 21.3 Å². The number of rotatable bonds is 11. The van der Waals surface area contributed by atoms with Crippen molar-refractivity contribution in [3.8, 4) is 11.1 Å². The summed E-state index contributed by atoms with van der Waals surface area (Å²) in [6.07, 6.45) is 2.03. The minimum absolute atomic E-state index is 0.0756. The van der Waals surface area contributed by atoms with Gasteiger partial charge in [-0.3, -0.25) is 19.7 Å². The van der Waals surface area contributed by atoms with Crippen molar-refractivity contribution in [2.75, 3.05) is 60.8 Å². The van der Waals surface area contributed by atoms with Crippen LogP contribution in [0.5, 0.6) is 0 Å². The summed E-state index contributed by atoms with van der Waals surface area (Å²) in [5, 5.41) is 15.7. The molecule has 14 nitrogen and oxygen atoms in total. The molecular weight excluding hydrogens is 709 g/mol. The maximum absolute atomic E-state index is 13.6. The van der Waals surface area contributed by atoms with Crippen molar-refractivity contribution >= 4 is 49.9 Å². The van der Waals surface area contributed by atoms with Crippen LogP contribution < -0.4 is 14.9 Å². The van der Waals surface area contributed by atoms with Gasteiger partial charge in [0.1, 0.15) is 12.0 Å². The lowest BCUT2D eigenvalue weighted by Gasteiger charge is -2.36. The van der Waals surface area contributed by atoms with Crippen LogP contribution >= 0.6 is 0 Å². The number of ether oxygens (including phenoxy) is 1. The fourth-order valence-electron chi connectivity index (χ4n) is 7.07. The van der Waals surface area contributed by atoms with E-state index in [1.54, 1.807) is 17.9 Å². The van der Waals surface area contributed by atoms with E-state index in [1.165, 1.54) is 35.2 Å². The summed E-state index contributed by atoms with van der Waals surface area (Å²) in [6.45, 7) is 7.16. The molecule has 2 aliphatic heterocycles. The molecule has 0 aliphatic carbocycles. The maximum atomic E-state index is 13.6.